The van der Waals surface area contributed by atoms with Crippen molar-refractivity contribution >= 4 is 24.0 Å². The van der Waals surface area contributed by atoms with Crippen LogP contribution in [-0.4, -0.2) is 101 Å². The Morgan fingerprint density at radius 3 is 1.32 bits per heavy atom. The standard InChI is InChI=1S/C48H50N8O6/c1-53(47(59)60)41(35-11-5-3-6-12-35)45(57)55-27-9-15-39(55)43-49-29-37(51-43)33-23-19-31(20-24-33)17-18-32-21-25-34(26-22-32)38-30-50-44(52-38)40-16-10-28-56(40)46(58)42(54(2)48(61)62)36-13-7-4-8-14-36/h3-8,11-14,19-26,29-30,39-42H,9-10,15-18,27-28H2,1-2H3,(H,49,51)(H,50,52)(H,59,60)(H,61,62)/t39-,40-,41+,42+/m0/s1. The fourth-order valence-electron chi connectivity index (χ4n) is 8.78. The average molecular weight is 835 g/mol. The Hall–Kier alpha value is -7.22. The lowest BCUT2D eigenvalue weighted by molar-refractivity contribution is -0.138. The number of H-pyrrole nitrogens is 2. The molecule has 4 N–H and O–H groups in total. The summed E-state index contributed by atoms with van der Waals surface area (Å²) in [7, 11) is 2.86. The number of nitrogens with zero attached hydrogens (tertiary/aromatic N) is 6. The van der Waals surface area contributed by atoms with Crippen molar-refractivity contribution in [1.82, 2.24) is 39.5 Å². The number of hydrogen-bond donors (Lipinski definition) is 4. The minimum absolute atomic E-state index is 0.264. The SMILES string of the molecule is CN(C(=O)O)[C@@H](C(=O)N1CCC[C@H]1c1nc(-c2ccc(CCc3ccc(-c4c[nH]c([C@@H]5CCCN5C(=O)[C@@H](c5ccccc5)N(C)C(=O)O)n4)cc3)cc2)c[nH]1)c1ccccc1. The first-order chi connectivity index (χ1) is 30.1. The van der Waals surface area contributed by atoms with Crippen LogP contribution in [0.25, 0.3) is 22.5 Å². The zero-order chi connectivity index (χ0) is 43.3. The van der Waals surface area contributed by atoms with E-state index in [9.17, 15) is 29.4 Å². The van der Waals surface area contributed by atoms with E-state index in [1.54, 1.807) is 58.3 Å². The third kappa shape index (κ3) is 8.67. The van der Waals surface area contributed by atoms with Crippen molar-refractivity contribution in [2.75, 3.05) is 27.2 Å². The second kappa shape index (κ2) is 18.2. The van der Waals surface area contributed by atoms with E-state index in [0.717, 1.165) is 70.8 Å². The molecule has 0 radical (unpaired) electrons. The number of likely N-dealkylation sites (N-methyl/N-ethyl adjacent to an activating group) is 2. The van der Waals surface area contributed by atoms with Gasteiger partial charge in [0.05, 0.1) is 23.5 Å². The van der Waals surface area contributed by atoms with Gasteiger partial charge < -0.3 is 30.0 Å². The molecule has 2 saturated heterocycles. The van der Waals surface area contributed by atoms with Gasteiger partial charge in [-0.15, -0.1) is 0 Å². The number of carbonyl (C=O) groups is 4. The maximum atomic E-state index is 13.9. The number of rotatable bonds is 13. The summed E-state index contributed by atoms with van der Waals surface area (Å²) in [6.45, 7) is 1.04. The number of benzene rings is 4. The van der Waals surface area contributed by atoms with E-state index in [4.69, 9.17) is 9.97 Å². The van der Waals surface area contributed by atoms with E-state index in [-0.39, 0.29) is 23.9 Å². The number of imidazole rings is 2. The number of carboxylic acid groups (broad SMARTS) is 2. The largest absolute Gasteiger partial charge is 0.465 e. The highest BCUT2D eigenvalue weighted by atomic mass is 16.4. The van der Waals surface area contributed by atoms with Gasteiger partial charge >= 0.3 is 12.2 Å². The van der Waals surface area contributed by atoms with Crippen LogP contribution < -0.4 is 0 Å². The summed E-state index contributed by atoms with van der Waals surface area (Å²) >= 11 is 0. The van der Waals surface area contributed by atoms with Crippen molar-refractivity contribution in [2.45, 2.75) is 62.7 Å². The molecule has 4 atom stereocenters. The van der Waals surface area contributed by atoms with Gasteiger partial charge in [-0.05, 0) is 60.8 Å². The number of likely N-dealkylation sites (tertiary alicyclic amines) is 2. The molecule has 2 aromatic heterocycles. The molecule has 6 aromatic rings. The maximum Gasteiger partial charge on any atom is 0.407 e. The van der Waals surface area contributed by atoms with E-state index in [0.29, 0.717) is 35.9 Å². The molecule has 4 amide bonds. The Bertz CT molecular complexity index is 2330. The molecule has 0 saturated carbocycles. The Morgan fingerprint density at radius 2 is 0.968 bits per heavy atom. The normalized spacial score (nSPS) is 17.1. The predicted octanol–water partition coefficient (Wildman–Crippen LogP) is 8.28. The van der Waals surface area contributed by atoms with Crippen LogP contribution in [0.5, 0.6) is 0 Å². The second-order valence-electron chi connectivity index (χ2n) is 16.0. The molecule has 4 heterocycles. The van der Waals surface area contributed by atoms with Gasteiger partial charge in [0.15, 0.2) is 0 Å². The number of aryl methyl sites for hydroxylation is 2. The summed E-state index contributed by atoms with van der Waals surface area (Å²) in [5.74, 6) is 0.837. The topological polar surface area (TPSA) is 179 Å². The molecule has 0 unspecified atom stereocenters. The van der Waals surface area contributed by atoms with Gasteiger partial charge in [0, 0.05) is 50.7 Å². The number of aromatic amines is 2. The summed E-state index contributed by atoms with van der Waals surface area (Å²) in [5.41, 5.74) is 7.09. The second-order valence-corrected chi connectivity index (χ2v) is 16.0. The van der Waals surface area contributed by atoms with Crippen LogP contribution in [0.1, 0.15) is 83.8 Å². The fourth-order valence-corrected chi connectivity index (χ4v) is 8.78. The van der Waals surface area contributed by atoms with Crippen molar-refractivity contribution in [2.24, 2.45) is 0 Å². The molecule has 62 heavy (non-hydrogen) atoms. The van der Waals surface area contributed by atoms with Crippen LogP contribution in [0, 0.1) is 0 Å². The lowest BCUT2D eigenvalue weighted by atomic mass is 10.0. The smallest absolute Gasteiger partial charge is 0.407 e. The molecule has 0 spiro atoms. The number of nitrogens with one attached hydrogen (secondary N) is 2. The minimum atomic E-state index is -1.17. The summed E-state index contributed by atoms with van der Waals surface area (Å²) in [4.78, 5) is 73.9. The summed E-state index contributed by atoms with van der Waals surface area (Å²) in [6, 6.07) is 32.2. The van der Waals surface area contributed by atoms with Crippen molar-refractivity contribution in [3.63, 3.8) is 0 Å². The van der Waals surface area contributed by atoms with Crippen molar-refractivity contribution in [3.05, 3.63) is 155 Å². The van der Waals surface area contributed by atoms with Gasteiger partial charge in [-0.1, -0.05) is 109 Å². The maximum absolute atomic E-state index is 13.9. The molecule has 14 heteroatoms. The van der Waals surface area contributed by atoms with E-state index < -0.39 is 24.3 Å². The van der Waals surface area contributed by atoms with Gasteiger partial charge in [0.1, 0.15) is 23.7 Å². The van der Waals surface area contributed by atoms with Crippen LogP contribution in [0.15, 0.2) is 122 Å². The first kappa shape index (κ1) is 41.5. The van der Waals surface area contributed by atoms with Gasteiger partial charge in [0.2, 0.25) is 0 Å². The van der Waals surface area contributed by atoms with E-state index in [1.165, 1.54) is 25.2 Å². The molecule has 2 fully saturated rings. The summed E-state index contributed by atoms with van der Waals surface area (Å²) in [5, 5.41) is 19.6. The number of amides is 4. The van der Waals surface area contributed by atoms with E-state index in [1.807, 2.05) is 24.5 Å². The Kier molecular flexibility index (Phi) is 12.2. The van der Waals surface area contributed by atoms with Crippen molar-refractivity contribution in [3.8, 4) is 22.5 Å². The van der Waals surface area contributed by atoms with Gasteiger partial charge in [-0.3, -0.25) is 19.4 Å². The lowest BCUT2D eigenvalue weighted by Gasteiger charge is -2.32. The van der Waals surface area contributed by atoms with E-state index in [2.05, 4.69) is 58.5 Å². The molecule has 2 aliphatic heterocycles. The number of aromatic nitrogens is 4. The monoisotopic (exact) mass is 834 g/mol. The molecule has 14 nitrogen and oxygen atoms in total. The Morgan fingerprint density at radius 1 is 0.597 bits per heavy atom. The molecule has 4 aromatic carbocycles. The summed E-state index contributed by atoms with van der Waals surface area (Å²) < 4.78 is 0. The molecule has 2 aliphatic rings. The molecule has 8 rings (SSSR count). The van der Waals surface area contributed by atoms with Crippen LogP contribution in [0.2, 0.25) is 0 Å². The highest BCUT2D eigenvalue weighted by Crippen LogP contribution is 2.37. The fraction of sp³-hybridized carbons (Fsp3) is 0.292. The third-order valence-electron chi connectivity index (χ3n) is 12.2. The first-order valence-corrected chi connectivity index (χ1v) is 21.0. The van der Waals surface area contributed by atoms with Crippen LogP contribution in [0.4, 0.5) is 9.59 Å². The van der Waals surface area contributed by atoms with E-state index >= 15 is 0 Å². The first-order valence-electron chi connectivity index (χ1n) is 21.0. The molecule has 0 aliphatic carbocycles. The zero-order valence-corrected chi connectivity index (χ0v) is 34.7. The highest BCUT2D eigenvalue weighted by molar-refractivity contribution is 5.88. The zero-order valence-electron chi connectivity index (χ0n) is 34.7. The average Bonchev–Trinajstić information content (AvgIpc) is 4.14. The third-order valence-corrected chi connectivity index (χ3v) is 12.2. The predicted molar refractivity (Wildman–Crippen MR) is 233 cm³/mol. The van der Waals surface area contributed by atoms with Crippen LogP contribution in [0.3, 0.4) is 0 Å². The van der Waals surface area contributed by atoms with Crippen LogP contribution in [-0.2, 0) is 22.4 Å². The van der Waals surface area contributed by atoms with Crippen LogP contribution >= 0.6 is 0 Å². The quantitative estimate of drug-likeness (QED) is 0.0898. The molecular formula is C48H50N8O6. The minimum Gasteiger partial charge on any atom is -0.465 e. The summed E-state index contributed by atoms with van der Waals surface area (Å²) in [6.07, 6.45) is 6.12. The molecule has 0 bridgehead atoms. The number of hydrogen-bond acceptors (Lipinski definition) is 6. The van der Waals surface area contributed by atoms with Gasteiger partial charge in [-0.25, -0.2) is 19.6 Å². The van der Waals surface area contributed by atoms with Gasteiger partial charge in [0.25, 0.3) is 11.8 Å². The van der Waals surface area contributed by atoms with Gasteiger partial charge in [-0.2, -0.15) is 0 Å². The number of carbonyl (C=O) groups excluding carboxylic acids is 2. The molecular weight excluding hydrogens is 785 g/mol. The molecule has 318 valence electrons. The van der Waals surface area contributed by atoms with Crippen molar-refractivity contribution < 1.29 is 29.4 Å². The van der Waals surface area contributed by atoms with Crippen molar-refractivity contribution in [1.29, 1.82) is 0 Å². The lowest BCUT2D eigenvalue weighted by Crippen LogP contribution is -2.43. The Balaban J connectivity index is 0.878. The Labute approximate surface area is 359 Å². The highest BCUT2D eigenvalue weighted by Gasteiger charge is 2.40.